The number of carbonyl (C=O) groups is 2. The zero-order chi connectivity index (χ0) is 29.6. The summed E-state index contributed by atoms with van der Waals surface area (Å²) in [7, 11) is 1.62. The first-order valence-corrected chi connectivity index (χ1v) is 14.2. The molecule has 6 rings (SSSR count). The lowest BCUT2D eigenvalue weighted by Crippen LogP contribution is -2.37. The highest BCUT2D eigenvalue weighted by atomic mass is 16.5. The average Bonchev–Trinajstić information content (AvgIpc) is 3.32. The fraction of sp³-hybridized carbons (Fsp3) is 0.265. The average molecular weight is 562 g/mol. The van der Waals surface area contributed by atoms with Crippen molar-refractivity contribution >= 4 is 40.4 Å². The van der Waals surface area contributed by atoms with Gasteiger partial charge in [-0.15, -0.1) is 0 Å². The normalized spacial score (nSPS) is 17.2. The van der Waals surface area contributed by atoms with Gasteiger partial charge in [0.1, 0.15) is 17.1 Å². The zero-order valence-corrected chi connectivity index (χ0v) is 24.5. The Kier molecular flexibility index (Phi) is 6.85. The topological polar surface area (TPSA) is 97.3 Å². The van der Waals surface area contributed by atoms with Crippen LogP contribution in [-0.4, -0.2) is 28.6 Å². The van der Waals surface area contributed by atoms with E-state index in [4.69, 9.17) is 9.84 Å². The Balaban J connectivity index is 1.51. The third-order valence-electron chi connectivity index (χ3n) is 8.14. The molecule has 0 saturated heterocycles. The number of anilines is 4. The number of allylic oxidation sites excluding steroid dienone is 1. The first-order chi connectivity index (χ1) is 20.1. The standard InChI is InChI=1S/C34H35N5O3/c1-20-11-14-24(17-21(20)2)36-33(41)29-31(35-23-9-7-6-8-10-23)38-39-26-18-34(3,4)19-27(40)28(26)30(37-32(29)39)22-12-15-25(42-5)16-13-22/h6-17,26,37H,18-19H2,1-5H3,(H,35,38)(H,36,41)/t26-/m0/s1. The maximum atomic E-state index is 14.1. The largest absolute Gasteiger partial charge is 0.497 e. The van der Waals surface area contributed by atoms with Gasteiger partial charge in [-0.3, -0.25) is 9.59 Å². The minimum absolute atomic E-state index is 0.0782. The minimum atomic E-state index is -0.339. The molecule has 2 heterocycles. The molecule has 0 radical (unpaired) electrons. The number of ether oxygens (including phenoxy) is 1. The van der Waals surface area contributed by atoms with Crippen molar-refractivity contribution in [2.75, 3.05) is 23.1 Å². The van der Waals surface area contributed by atoms with E-state index in [-0.39, 0.29) is 23.1 Å². The number of Topliss-reactive ketones (excluding diaryl/α,β-unsaturated/α-hetero) is 1. The Morgan fingerprint density at radius 2 is 1.74 bits per heavy atom. The van der Waals surface area contributed by atoms with Gasteiger partial charge in [0.05, 0.1) is 18.8 Å². The Bertz CT molecular complexity index is 1720. The van der Waals surface area contributed by atoms with Gasteiger partial charge in [-0.2, -0.15) is 5.10 Å². The molecule has 42 heavy (non-hydrogen) atoms. The summed E-state index contributed by atoms with van der Waals surface area (Å²) in [5.74, 6) is 1.45. The number of benzene rings is 3. The molecule has 1 aromatic heterocycles. The number of aryl methyl sites for hydroxylation is 2. The van der Waals surface area contributed by atoms with E-state index in [1.807, 2.05) is 91.3 Å². The number of aromatic nitrogens is 2. The van der Waals surface area contributed by atoms with E-state index in [0.717, 1.165) is 28.1 Å². The summed E-state index contributed by atoms with van der Waals surface area (Å²) < 4.78 is 7.19. The number of nitrogens with one attached hydrogen (secondary N) is 3. The number of amides is 1. The van der Waals surface area contributed by atoms with Gasteiger partial charge in [-0.25, -0.2) is 4.68 Å². The van der Waals surface area contributed by atoms with E-state index in [1.54, 1.807) is 7.11 Å². The smallest absolute Gasteiger partial charge is 0.263 e. The molecular weight excluding hydrogens is 526 g/mol. The predicted octanol–water partition coefficient (Wildman–Crippen LogP) is 7.27. The Hall–Kier alpha value is -4.85. The van der Waals surface area contributed by atoms with E-state index in [2.05, 4.69) is 29.8 Å². The monoisotopic (exact) mass is 561 g/mol. The van der Waals surface area contributed by atoms with Crippen molar-refractivity contribution in [1.82, 2.24) is 9.78 Å². The maximum Gasteiger partial charge on any atom is 0.263 e. The number of nitrogens with zero attached hydrogens (tertiary/aromatic N) is 2. The highest BCUT2D eigenvalue weighted by Gasteiger charge is 2.44. The van der Waals surface area contributed by atoms with Crippen LogP contribution in [0.5, 0.6) is 5.75 Å². The summed E-state index contributed by atoms with van der Waals surface area (Å²) in [5.41, 5.74) is 6.10. The molecule has 1 aliphatic carbocycles. The van der Waals surface area contributed by atoms with Crippen LogP contribution in [0.3, 0.4) is 0 Å². The number of para-hydroxylation sites is 1. The highest BCUT2D eigenvalue weighted by molar-refractivity contribution is 6.14. The molecule has 4 aromatic rings. The van der Waals surface area contributed by atoms with Crippen LogP contribution in [0.15, 0.2) is 78.4 Å². The van der Waals surface area contributed by atoms with Crippen molar-refractivity contribution in [2.24, 2.45) is 5.41 Å². The van der Waals surface area contributed by atoms with Crippen LogP contribution in [-0.2, 0) is 4.79 Å². The van der Waals surface area contributed by atoms with Crippen molar-refractivity contribution in [3.63, 3.8) is 0 Å². The lowest BCUT2D eigenvalue weighted by atomic mass is 9.71. The lowest BCUT2D eigenvalue weighted by molar-refractivity contribution is -0.119. The highest BCUT2D eigenvalue weighted by Crippen LogP contribution is 2.49. The lowest BCUT2D eigenvalue weighted by Gasteiger charge is -2.40. The molecule has 0 spiro atoms. The molecule has 8 heteroatoms. The predicted molar refractivity (Wildman–Crippen MR) is 166 cm³/mol. The molecule has 3 N–H and O–H groups in total. The van der Waals surface area contributed by atoms with E-state index in [1.165, 1.54) is 0 Å². The molecule has 1 fully saturated rings. The number of fused-ring (bicyclic) bond motifs is 3. The summed E-state index contributed by atoms with van der Waals surface area (Å²) in [6.45, 7) is 8.28. The number of hydrogen-bond donors (Lipinski definition) is 3. The summed E-state index contributed by atoms with van der Waals surface area (Å²) in [4.78, 5) is 27.8. The summed E-state index contributed by atoms with van der Waals surface area (Å²) in [6, 6.07) is 22.8. The summed E-state index contributed by atoms with van der Waals surface area (Å²) in [6.07, 6.45) is 1.14. The van der Waals surface area contributed by atoms with Gasteiger partial charge in [0, 0.05) is 23.4 Å². The van der Waals surface area contributed by atoms with Crippen LogP contribution in [0.2, 0.25) is 0 Å². The van der Waals surface area contributed by atoms with Crippen molar-refractivity contribution in [3.05, 3.63) is 101 Å². The molecule has 214 valence electrons. The van der Waals surface area contributed by atoms with Gasteiger partial charge in [0.15, 0.2) is 11.6 Å². The number of carbonyl (C=O) groups excluding carboxylic acids is 2. The second-order valence-corrected chi connectivity index (χ2v) is 11.9. The molecule has 8 nitrogen and oxygen atoms in total. The second-order valence-electron chi connectivity index (χ2n) is 11.9. The molecule has 3 aromatic carbocycles. The van der Waals surface area contributed by atoms with Gasteiger partial charge < -0.3 is 20.7 Å². The molecule has 0 bridgehead atoms. The van der Waals surface area contributed by atoms with Crippen LogP contribution >= 0.6 is 0 Å². The van der Waals surface area contributed by atoms with Crippen LogP contribution < -0.4 is 20.7 Å². The minimum Gasteiger partial charge on any atom is -0.497 e. The number of rotatable bonds is 6. The molecule has 1 aliphatic heterocycles. The molecule has 2 aliphatic rings. The molecular formula is C34H35N5O3. The Morgan fingerprint density at radius 3 is 2.43 bits per heavy atom. The first-order valence-electron chi connectivity index (χ1n) is 14.2. The maximum absolute atomic E-state index is 14.1. The summed E-state index contributed by atoms with van der Waals surface area (Å²) in [5, 5.41) is 14.9. The Labute approximate surface area is 245 Å². The fourth-order valence-corrected chi connectivity index (χ4v) is 5.85. The van der Waals surface area contributed by atoms with E-state index in [9.17, 15) is 9.59 Å². The van der Waals surface area contributed by atoms with Crippen LogP contribution in [0.25, 0.3) is 5.70 Å². The van der Waals surface area contributed by atoms with E-state index >= 15 is 0 Å². The van der Waals surface area contributed by atoms with Crippen LogP contribution in [0.1, 0.15) is 59.8 Å². The SMILES string of the molecule is COc1ccc(C2=C3C(=O)CC(C)(C)C[C@@H]3n3nc(Nc4ccccc4)c(C(=O)Nc4ccc(C)c(C)c4)c3N2)cc1. The second kappa shape index (κ2) is 10.5. The van der Waals surface area contributed by atoms with Crippen molar-refractivity contribution in [1.29, 1.82) is 0 Å². The van der Waals surface area contributed by atoms with Crippen molar-refractivity contribution in [3.8, 4) is 5.75 Å². The zero-order valence-electron chi connectivity index (χ0n) is 24.5. The van der Waals surface area contributed by atoms with Gasteiger partial charge in [0.2, 0.25) is 0 Å². The molecule has 1 saturated carbocycles. The van der Waals surface area contributed by atoms with E-state index in [0.29, 0.717) is 47.0 Å². The molecule has 0 unspecified atom stereocenters. The van der Waals surface area contributed by atoms with E-state index < -0.39 is 0 Å². The van der Waals surface area contributed by atoms with Crippen molar-refractivity contribution < 1.29 is 14.3 Å². The van der Waals surface area contributed by atoms with Crippen molar-refractivity contribution in [2.45, 2.75) is 46.6 Å². The molecule has 1 amide bonds. The third kappa shape index (κ3) is 5.04. The van der Waals surface area contributed by atoms with Crippen LogP contribution in [0.4, 0.5) is 23.0 Å². The first kappa shape index (κ1) is 27.3. The number of methoxy groups -OCH3 is 1. The third-order valence-corrected chi connectivity index (χ3v) is 8.14. The van der Waals surface area contributed by atoms with Gasteiger partial charge in [-0.05, 0) is 90.9 Å². The summed E-state index contributed by atoms with van der Waals surface area (Å²) >= 11 is 0. The fourth-order valence-electron chi connectivity index (χ4n) is 5.85. The number of ketones is 1. The van der Waals surface area contributed by atoms with Gasteiger partial charge in [0.25, 0.3) is 5.91 Å². The van der Waals surface area contributed by atoms with Gasteiger partial charge in [-0.1, -0.05) is 38.1 Å². The van der Waals surface area contributed by atoms with Gasteiger partial charge >= 0.3 is 0 Å². The Morgan fingerprint density at radius 1 is 1.00 bits per heavy atom. The number of hydrogen-bond acceptors (Lipinski definition) is 6. The van der Waals surface area contributed by atoms with Crippen LogP contribution in [0, 0.1) is 19.3 Å². The quantitative estimate of drug-likeness (QED) is 0.229. The molecule has 1 atom stereocenters.